The zero-order valence-electron chi connectivity index (χ0n) is 13.5. The first kappa shape index (κ1) is 17.8. The minimum atomic E-state index is -3.03. The Kier molecular flexibility index (Phi) is 5.11. The zero-order valence-corrected chi connectivity index (χ0v) is 13.5. The molecule has 1 N–H and O–H groups in total. The first-order valence-corrected chi connectivity index (χ1v) is 7.85. The molecule has 2 aromatic carbocycles. The molecule has 1 unspecified atom stereocenters. The number of benzene rings is 2. The molecule has 5 nitrogen and oxygen atoms in total. The Morgan fingerprint density at radius 2 is 1.85 bits per heavy atom. The highest BCUT2D eigenvalue weighted by Crippen LogP contribution is 2.30. The molecular formula is C18H15F3N2O3. The van der Waals surface area contributed by atoms with E-state index >= 15 is 0 Å². The maximum atomic E-state index is 13.9. The number of rotatable bonds is 5. The van der Waals surface area contributed by atoms with Crippen LogP contribution in [0.5, 0.6) is 5.75 Å². The van der Waals surface area contributed by atoms with Crippen LogP contribution in [0.4, 0.5) is 24.5 Å². The van der Waals surface area contributed by atoms with Gasteiger partial charge in [0.15, 0.2) is 0 Å². The van der Waals surface area contributed by atoms with Gasteiger partial charge in [0.1, 0.15) is 11.6 Å². The second-order valence-electron chi connectivity index (χ2n) is 5.72. The van der Waals surface area contributed by atoms with Gasteiger partial charge in [0.25, 0.3) is 0 Å². The Bertz CT molecular complexity index is 829. The number of nitrogens with zero attached hydrogens (tertiary/aromatic N) is 1. The lowest BCUT2D eigenvalue weighted by molar-refractivity contribution is -0.122. The molecule has 1 atom stereocenters. The Labute approximate surface area is 147 Å². The largest absolute Gasteiger partial charge is 0.433 e. The summed E-state index contributed by atoms with van der Waals surface area (Å²) in [7, 11) is 0. The maximum absolute atomic E-state index is 13.9. The van der Waals surface area contributed by atoms with Gasteiger partial charge in [-0.25, -0.2) is 4.39 Å². The molecule has 2 aromatic rings. The van der Waals surface area contributed by atoms with Crippen LogP contribution in [-0.4, -0.2) is 25.0 Å². The molecule has 1 aliphatic heterocycles. The molecule has 0 bridgehead atoms. The minimum Gasteiger partial charge on any atom is -0.433 e. The van der Waals surface area contributed by atoms with Gasteiger partial charge in [-0.1, -0.05) is 24.3 Å². The number of halogens is 3. The molecule has 1 fully saturated rings. The van der Waals surface area contributed by atoms with Crippen molar-refractivity contribution in [2.24, 2.45) is 5.92 Å². The third kappa shape index (κ3) is 3.79. The van der Waals surface area contributed by atoms with Crippen molar-refractivity contribution in [2.45, 2.75) is 13.0 Å². The van der Waals surface area contributed by atoms with Gasteiger partial charge in [0.05, 0.1) is 17.3 Å². The van der Waals surface area contributed by atoms with E-state index in [-0.39, 0.29) is 36.0 Å². The highest BCUT2D eigenvalue weighted by molar-refractivity contribution is 6.03. The lowest BCUT2D eigenvalue weighted by Crippen LogP contribution is -2.28. The van der Waals surface area contributed by atoms with Gasteiger partial charge in [-0.3, -0.25) is 9.59 Å². The van der Waals surface area contributed by atoms with E-state index in [1.807, 2.05) is 0 Å². The van der Waals surface area contributed by atoms with Gasteiger partial charge in [-0.05, 0) is 24.3 Å². The normalized spacial score (nSPS) is 16.8. The highest BCUT2D eigenvalue weighted by Gasteiger charge is 2.36. The maximum Gasteiger partial charge on any atom is 0.387 e. The summed E-state index contributed by atoms with van der Waals surface area (Å²) in [6, 6.07) is 11.5. The van der Waals surface area contributed by atoms with Crippen molar-refractivity contribution in [1.82, 2.24) is 0 Å². The average molecular weight is 364 g/mol. The molecule has 0 radical (unpaired) electrons. The molecule has 0 aromatic heterocycles. The zero-order chi connectivity index (χ0) is 18.7. The van der Waals surface area contributed by atoms with Gasteiger partial charge in [-0.15, -0.1) is 0 Å². The fourth-order valence-electron chi connectivity index (χ4n) is 2.79. The quantitative estimate of drug-likeness (QED) is 0.885. The van der Waals surface area contributed by atoms with Crippen LogP contribution in [0.2, 0.25) is 0 Å². The molecule has 136 valence electrons. The van der Waals surface area contributed by atoms with E-state index in [1.54, 1.807) is 12.1 Å². The molecule has 2 amide bonds. The van der Waals surface area contributed by atoms with Crippen molar-refractivity contribution in [3.63, 3.8) is 0 Å². The summed E-state index contributed by atoms with van der Waals surface area (Å²) >= 11 is 0. The average Bonchev–Trinajstić information content (AvgIpc) is 2.98. The fourth-order valence-corrected chi connectivity index (χ4v) is 2.79. The number of hydrogen-bond acceptors (Lipinski definition) is 3. The van der Waals surface area contributed by atoms with Gasteiger partial charge in [0.2, 0.25) is 11.8 Å². The van der Waals surface area contributed by atoms with Crippen molar-refractivity contribution in [3.05, 3.63) is 54.3 Å². The van der Waals surface area contributed by atoms with Crippen LogP contribution in [0.15, 0.2) is 48.5 Å². The van der Waals surface area contributed by atoms with Crippen molar-refractivity contribution in [3.8, 4) is 5.75 Å². The Morgan fingerprint density at radius 3 is 2.58 bits per heavy atom. The standard InChI is InChI=1S/C18H15F3N2O3/c19-12-5-1-3-7-14(12)23-10-11(9-16(23)24)17(25)22-13-6-2-4-8-15(13)26-18(20)21/h1-8,11,18H,9-10H2,(H,22,25). The van der Waals surface area contributed by atoms with Crippen LogP contribution in [-0.2, 0) is 9.59 Å². The van der Waals surface area contributed by atoms with E-state index in [4.69, 9.17) is 0 Å². The van der Waals surface area contributed by atoms with E-state index in [1.165, 1.54) is 41.3 Å². The molecule has 3 rings (SSSR count). The van der Waals surface area contributed by atoms with Crippen molar-refractivity contribution >= 4 is 23.2 Å². The predicted molar refractivity (Wildman–Crippen MR) is 88.6 cm³/mol. The van der Waals surface area contributed by atoms with Gasteiger partial charge in [-0.2, -0.15) is 8.78 Å². The number of ether oxygens (including phenoxy) is 1. The van der Waals surface area contributed by atoms with E-state index < -0.39 is 24.3 Å². The lowest BCUT2D eigenvalue weighted by atomic mass is 10.1. The van der Waals surface area contributed by atoms with E-state index in [0.717, 1.165) is 0 Å². The van der Waals surface area contributed by atoms with Crippen LogP contribution in [0.1, 0.15) is 6.42 Å². The summed E-state index contributed by atoms with van der Waals surface area (Å²) in [4.78, 5) is 25.8. The lowest BCUT2D eigenvalue weighted by Gasteiger charge is -2.17. The second-order valence-corrected chi connectivity index (χ2v) is 5.72. The molecule has 0 aliphatic carbocycles. The molecule has 0 spiro atoms. The Morgan fingerprint density at radius 1 is 1.15 bits per heavy atom. The second kappa shape index (κ2) is 7.47. The predicted octanol–water partition coefficient (Wildman–Crippen LogP) is 3.42. The molecule has 0 saturated carbocycles. The highest BCUT2D eigenvalue weighted by atomic mass is 19.3. The third-order valence-electron chi connectivity index (χ3n) is 4.00. The van der Waals surface area contributed by atoms with Crippen LogP contribution < -0.4 is 15.0 Å². The van der Waals surface area contributed by atoms with E-state index in [9.17, 15) is 22.8 Å². The molecular weight excluding hydrogens is 349 g/mol. The third-order valence-corrected chi connectivity index (χ3v) is 4.00. The number of hydrogen-bond donors (Lipinski definition) is 1. The summed E-state index contributed by atoms with van der Waals surface area (Å²) in [6.45, 7) is -3.03. The van der Waals surface area contributed by atoms with Crippen LogP contribution in [0, 0.1) is 11.7 Å². The smallest absolute Gasteiger partial charge is 0.387 e. The van der Waals surface area contributed by atoms with Crippen molar-refractivity contribution < 1.29 is 27.5 Å². The molecule has 1 saturated heterocycles. The van der Waals surface area contributed by atoms with Gasteiger partial charge in [0, 0.05) is 13.0 Å². The van der Waals surface area contributed by atoms with Crippen LogP contribution >= 0.6 is 0 Å². The van der Waals surface area contributed by atoms with Crippen molar-refractivity contribution in [2.75, 3.05) is 16.8 Å². The fraction of sp³-hybridized carbons (Fsp3) is 0.222. The number of amides is 2. The number of alkyl halides is 2. The van der Waals surface area contributed by atoms with E-state index in [2.05, 4.69) is 10.1 Å². The monoisotopic (exact) mass is 364 g/mol. The topological polar surface area (TPSA) is 58.6 Å². The van der Waals surface area contributed by atoms with Gasteiger partial charge < -0.3 is 15.0 Å². The summed E-state index contributed by atoms with van der Waals surface area (Å²) in [5.41, 5.74) is 0.184. The Balaban J connectivity index is 1.72. The number of carbonyl (C=O) groups excluding carboxylic acids is 2. The van der Waals surface area contributed by atoms with E-state index in [0.29, 0.717) is 0 Å². The summed E-state index contributed by atoms with van der Waals surface area (Å²) < 4.78 is 43.1. The summed E-state index contributed by atoms with van der Waals surface area (Å²) in [5.74, 6) is -2.37. The number of nitrogens with one attached hydrogen (secondary N) is 1. The molecule has 1 aliphatic rings. The minimum absolute atomic E-state index is 0.00344. The van der Waals surface area contributed by atoms with Crippen LogP contribution in [0.3, 0.4) is 0 Å². The summed E-state index contributed by atoms with van der Waals surface area (Å²) in [6.07, 6.45) is -0.0992. The number of para-hydroxylation sites is 3. The first-order chi connectivity index (χ1) is 12.5. The Hall–Kier alpha value is -3.03. The van der Waals surface area contributed by atoms with Gasteiger partial charge >= 0.3 is 6.61 Å². The van der Waals surface area contributed by atoms with Crippen molar-refractivity contribution in [1.29, 1.82) is 0 Å². The summed E-state index contributed by atoms with van der Waals surface area (Å²) in [5, 5.41) is 2.50. The first-order valence-electron chi connectivity index (χ1n) is 7.85. The SMILES string of the molecule is O=C(Nc1ccccc1OC(F)F)C1CC(=O)N(c2ccccc2F)C1. The molecule has 1 heterocycles. The van der Waals surface area contributed by atoms with Crippen LogP contribution in [0.25, 0.3) is 0 Å². The number of anilines is 2. The molecule has 8 heteroatoms. The molecule has 26 heavy (non-hydrogen) atoms. The number of carbonyl (C=O) groups is 2.